The molecule has 0 bridgehead atoms. The molecule has 0 radical (unpaired) electrons. The summed E-state index contributed by atoms with van der Waals surface area (Å²) < 4.78 is 82.9. The minimum absolute atomic E-state index is 0.0140. The highest BCUT2D eigenvalue weighted by molar-refractivity contribution is 5.65. The predicted octanol–water partition coefficient (Wildman–Crippen LogP) is 5.86. The maximum absolute atomic E-state index is 13.3. The fraction of sp³-hybridized carbons (Fsp3) is 0.158. The number of ether oxygens (including phenoxy) is 1. The van der Waals surface area contributed by atoms with Crippen molar-refractivity contribution in [1.29, 1.82) is 0 Å². The molecule has 1 aromatic heterocycles. The van der Waals surface area contributed by atoms with Gasteiger partial charge in [-0.05, 0) is 42.5 Å². The van der Waals surface area contributed by atoms with Crippen LogP contribution in [0, 0.1) is 0 Å². The number of benzene rings is 2. The van der Waals surface area contributed by atoms with Crippen LogP contribution in [-0.4, -0.2) is 17.1 Å². The summed E-state index contributed by atoms with van der Waals surface area (Å²) in [6.07, 6.45) is -9.30. The van der Waals surface area contributed by atoms with Crippen molar-refractivity contribution in [2.24, 2.45) is 0 Å². The molecule has 0 amide bonds. The molecule has 1 heterocycles. The number of nitrogens with zero attached hydrogens (tertiary/aromatic N) is 2. The molecule has 28 heavy (non-hydrogen) atoms. The molecule has 0 N–H and O–H groups in total. The zero-order valence-corrected chi connectivity index (χ0v) is 14.3. The number of alkyl halides is 6. The molecule has 3 rings (SSSR count). The molecule has 0 aliphatic rings. The van der Waals surface area contributed by atoms with Gasteiger partial charge < -0.3 is 4.74 Å². The van der Waals surface area contributed by atoms with Crippen LogP contribution in [0.2, 0.25) is 0 Å². The minimum atomic E-state index is -4.75. The predicted molar refractivity (Wildman–Crippen MR) is 89.5 cm³/mol. The quantitative estimate of drug-likeness (QED) is 0.519. The van der Waals surface area contributed by atoms with Crippen molar-refractivity contribution in [2.45, 2.75) is 12.4 Å². The molecule has 146 valence electrons. The first-order valence-electron chi connectivity index (χ1n) is 7.86. The normalized spacial score (nSPS) is 12.1. The van der Waals surface area contributed by atoms with Crippen molar-refractivity contribution in [2.75, 3.05) is 7.11 Å². The molecule has 9 heteroatoms. The van der Waals surface area contributed by atoms with E-state index in [9.17, 15) is 26.3 Å². The van der Waals surface area contributed by atoms with Gasteiger partial charge in [-0.15, -0.1) is 0 Å². The Bertz CT molecular complexity index is 964. The molecule has 0 aliphatic carbocycles. The average Bonchev–Trinajstić information content (AvgIpc) is 2.66. The topological polar surface area (TPSA) is 35.0 Å². The number of rotatable bonds is 3. The van der Waals surface area contributed by atoms with E-state index in [0.717, 1.165) is 30.3 Å². The van der Waals surface area contributed by atoms with Crippen LogP contribution in [0.4, 0.5) is 26.3 Å². The molecule has 0 spiro atoms. The van der Waals surface area contributed by atoms with Gasteiger partial charge in [0, 0.05) is 11.1 Å². The van der Waals surface area contributed by atoms with Crippen molar-refractivity contribution >= 4 is 0 Å². The number of methoxy groups -OCH3 is 1. The summed E-state index contributed by atoms with van der Waals surface area (Å²) in [6, 6.07) is 10.6. The van der Waals surface area contributed by atoms with Crippen LogP contribution in [0.3, 0.4) is 0 Å². The number of hydrogen-bond acceptors (Lipinski definition) is 3. The van der Waals surface area contributed by atoms with E-state index in [1.807, 2.05) is 0 Å². The van der Waals surface area contributed by atoms with Crippen molar-refractivity contribution in [1.82, 2.24) is 9.97 Å². The average molecular weight is 398 g/mol. The second-order valence-electron chi connectivity index (χ2n) is 5.76. The van der Waals surface area contributed by atoms with Gasteiger partial charge in [0.25, 0.3) is 0 Å². The van der Waals surface area contributed by atoms with E-state index in [1.165, 1.54) is 19.2 Å². The number of hydrogen-bond donors (Lipinski definition) is 0. The van der Waals surface area contributed by atoms with Crippen molar-refractivity contribution in [3.8, 4) is 28.4 Å². The molecular formula is C19H12F6N2O. The highest BCUT2D eigenvalue weighted by Crippen LogP contribution is 2.34. The smallest absolute Gasteiger partial charge is 0.433 e. The van der Waals surface area contributed by atoms with Gasteiger partial charge in [-0.3, -0.25) is 0 Å². The monoisotopic (exact) mass is 398 g/mol. The number of aromatic nitrogens is 2. The van der Waals surface area contributed by atoms with Crippen LogP contribution in [0.5, 0.6) is 5.75 Å². The van der Waals surface area contributed by atoms with Crippen LogP contribution in [0.25, 0.3) is 22.6 Å². The highest BCUT2D eigenvalue weighted by Gasteiger charge is 2.34. The summed E-state index contributed by atoms with van der Waals surface area (Å²) in [6.45, 7) is 0. The third-order valence-electron chi connectivity index (χ3n) is 3.87. The summed E-state index contributed by atoms with van der Waals surface area (Å²) in [4.78, 5) is 7.59. The maximum Gasteiger partial charge on any atom is 0.433 e. The second kappa shape index (κ2) is 7.14. The van der Waals surface area contributed by atoms with E-state index in [1.54, 1.807) is 12.1 Å². The molecular weight excluding hydrogens is 386 g/mol. The van der Waals surface area contributed by atoms with Crippen molar-refractivity contribution in [3.05, 3.63) is 65.9 Å². The molecule has 0 unspecified atom stereocenters. The first-order chi connectivity index (χ1) is 13.1. The van der Waals surface area contributed by atoms with Gasteiger partial charge in [0.2, 0.25) is 0 Å². The molecule has 3 nitrogen and oxygen atoms in total. The van der Waals surface area contributed by atoms with Gasteiger partial charge in [-0.25, -0.2) is 9.97 Å². The van der Waals surface area contributed by atoms with Gasteiger partial charge in [-0.1, -0.05) is 12.1 Å². The summed E-state index contributed by atoms with van der Waals surface area (Å²) in [5.74, 6) is 0.186. The summed E-state index contributed by atoms with van der Waals surface area (Å²) in [5.41, 5.74) is -1.71. The molecule has 0 atom stereocenters. The van der Waals surface area contributed by atoms with Crippen LogP contribution < -0.4 is 4.74 Å². The first kappa shape index (κ1) is 19.7. The Morgan fingerprint density at radius 3 is 1.79 bits per heavy atom. The SMILES string of the molecule is COc1ccc(-c2cc(C(F)(F)F)nc(-c3ccc(C(F)(F)F)cc3)n2)cc1. The fourth-order valence-electron chi connectivity index (χ4n) is 2.44. The lowest BCUT2D eigenvalue weighted by molar-refractivity contribution is -0.141. The molecule has 3 aromatic rings. The van der Waals surface area contributed by atoms with Gasteiger partial charge in [-0.2, -0.15) is 26.3 Å². The lowest BCUT2D eigenvalue weighted by Crippen LogP contribution is -2.10. The highest BCUT2D eigenvalue weighted by atomic mass is 19.4. The lowest BCUT2D eigenvalue weighted by Gasteiger charge is -2.12. The Kier molecular flexibility index (Phi) is 5.01. The molecule has 0 saturated heterocycles. The summed E-state index contributed by atoms with van der Waals surface area (Å²) in [5, 5.41) is 0. The van der Waals surface area contributed by atoms with Gasteiger partial charge in [0.1, 0.15) is 11.4 Å². The Morgan fingerprint density at radius 2 is 1.29 bits per heavy atom. The standard InChI is InChI=1S/C19H12F6N2O/c1-28-14-8-4-11(5-9-14)15-10-16(19(23,24)25)27-17(26-15)12-2-6-13(7-3-12)18(20,21)22/h2-10H,1H3. The maximum atomic E-state index is 13.3. The van der Waals surface area contributed by atoms with Crippen molar-refractivity contribution in [3.63, 3.8) is 0 Å². The fourth-order valence-corrected chi connectivity index (χ4v) is 2.44. The van der Waals surface area contributed by atoms with E-state index in [-0.39, 0.29) is 17.1 Å². The van der Waals surface area contributed by atoms with Gasteiger partial charge >= 0.3 is 12.4 Å². The third-order valence-corrected chi connectivity index (χ3v) is 3.87. The largest absolute Gasteiger partial charge is 0.497 e. The molecule has 0 saturated carbocycles. The zero-order valence-electron chi connectivity index (χ0n) is 14.3. The van der Waals surface area contributed by atoms with E-state index >= 15 is 0 Å². The van der Waals surface area contributed by atoms with Crippen LogP contribution in [0.15, 0.2) is 54.6 Å². The number of halogens is 6. The van der Waals surface area contributed by atoms with Gasteiger partial charge in [0.15, 0.2) is 5.82 Å². The minimum Gasteiger partial charge on any atom is -0.497 e. The Hall–Kier alpha value is -3.10. The Morgan fingerprint density at radius 1 is 0.714 bits per heavy atom. The van der Waals surface area contributed by atoms with E-state index in [4.69, 9.17) is 4.74 Å². The molecule has 0 aliphatic heterocycles. The summed E-state index contributed by atoms with van der Waals surface area (Å²) in [7, 11) is 1.45. The van der Waals surface area contributed by atoms with E-state index in [2.05, 4.69) is 9.97 Å². The third kappa shape index (κ3) is 4.24. The van der Waals surface area contributed by atoms with Crippen LogP contribution in [0.1, 0.15) is 11.3 Å². The van der Waals surface area contributed by atoms with Crippen LogP contribution >= 0.6 is 0 Å². The zero-order chi connectivity index (χ0) is 20.5. The first-order valence-corrected chi connectivity index (χ1v) is 7.86. The molecule has 2 aromatic carbocycles. The second-order valence-corrected chi connectivity index (χ2v) is 5.76. The lowest BCUT2D eigenvalue weighted by atomic mass is 10.1. The van der Waals surface area contributed by atoms with E-state index < -0.39 is 23.6 Å². The van der Waals surface area contributed by atoms with E-state index in [0.29, 0.717) is 11.3 Å². The summed E-state index contributed by atoms with van der Waals surface area (Å²) >= 11 is 0. The molecule has 0 fully saturated rings. The Labute approximate surface area is 155 Å². The Balaban J connectivity index is 2.10. The van der Waals surface area contributed by atoms with Gasteiger partial charge in [0.05, 0.1) is 18.4 Å². The van der Waals surface area contributed by atoms with Crippen LogP contribution in [-0.2, 0) is 12.4 Å². The van der Waals surface area contributed by atoms with Crippen molar-refractivity contribution < 1.29 is 31.1 Å².